The van der Waals surface area contributed by atoms with Crippen molar-refractivity contribution in [3.8, 4) is 0 Å². The van der Waals surface area contributed by atoms with Crippen molar-refractivity contribution < 1.29 is 14.6 Å². The molecule has 0 heterocycles. The molecule has 0 N–H and O–H groups in total. The van der Waals surface area contributed by atoms with Gasteiger partial charge in [0.2, 0.25) is 0 Å². The Balaban J connectivity index is 1.94. The second kappa shape index (κ2) is 9.03. The molecule has 0 saturated heterocycles. The number of allylic oxidation sites excluding steroid dienone is 2. The highest BCUT2D eigenvalue weighted by Crippen LogP contribution is 2.20. The quantitative estimate of drug-likeness (QED) is 0.511. The van der Waals surface area contributed by atoms with Crippen molar-refractivity contribution >= 4 is 29.3 Å². The zero-order valence-corrected chi connectivity index (χ0v) is 13.8. The van der Waals surface area contributed by atoms with Gasteiger partial charge in [-0.05, 0) is 12.1 Å². The number of nitrogens with zero attached hydrogens (tertiary/aromatic N) is 2. The van der Waals surface area contributed by atoms with E-state index in [1.807, 2.05) is 0 Å². The highest BCUT2D eigenvalue weighted by Gasteiger charge is 2.10. The summed E-state index contributed by atoms with van der Waals surface area (Å²) in [6, 6.07) is 12.5. The average Bonchev–Trinajstić information content (AvgIpc) is 2.62. The summed E-state index contributed by atoms with van der Waals surface area (Å²) in [4.78, 5) is 32.8. The first-order valence-corrected chi connectivity index (χ1v) is 7.80. The monoisotopic (exact) mass is 352 g/mol. The summed E-state index contributed by atoms with van der Waals surface area (Å²) in [5.74, 6) is -0.102. The molecule has 2 aromatic rings. The number of hydrogen-bond acceptors (Lipinski definition) is 5. The van der Waals surface area contributed by atoms with Crippen LogP contribution in [0, 0.1) is 20.2 Å². The van der Waals surface area contributed by atoms with Crippen molar-refractivity contribution in [2.45, 2.75) is 12.8 Å². The number of ketones is 1. The van der Waals surface area contributed by atoms with Crippen molar-refractivity contribution in [2.24, 2.45) is 0 Å². The second-order valence-electron chi connectivity index (χ2n) is 5.38. The molecular formula is C19H16N2O5. The van der Waals surface area contributed by atoms with Crippen LogP contribution in [0.25, 0.3) is 12.2 Å². The minimum absolute atomic E-state index is 0.0209. The molecule has 7 heteroatoms. The van der Waals surface area contributed by atoms with E-state index in [1.165, 1.54) is 12.1 Å². The Bertz CT molecular complexity index is 816. The topological polar surface area (TPSA) is 103 Å². The Morgan fingerprint density at radius 3 is 1.54 bits per heavy atom. The maximum atomic E-state index is 11.9. The lowest BCUT2D eigenvalue weighted by Gasteiger charge is -1.97. The maximum absolute atomic E-state index is 11.9. The Hall–Kier alpha value is -3.61. The van der Waals surface area contributed by atoms with E-state index in [0.717, 1.165) is 0 Å². The SMILES string of the molecule is O=C(C/C=C/c1ccccc1[N+](=O)[O-])C/C=C/c1ccccc1[N+](=O)[O-]. The summed E-state index contributed by atoms with van der Waals surface area (Å²) in [5, 5.41) is 21.8. The molecule has 0 radical (unpaired) electrons. The smallest absolute Gasteiger partial charge is 0.276 e. The van der Waals surface area contributed by atoms with E-state index < -0.39 is 9.85 Å². The molecule has 132 valence electrons. The first-order valence-electron chi connectivity index (χ1n) is 7.80. The van der Waals surface area contributed by atoms with E-state index in [-0.39, 0.29) is 30.0 Å². The maximum Gasteiger partial charge on any atom is 0.276 e. The Kier molecular flexibility index (Phi) is 6.50. The van der Waals surface area contributed by atoms with Crippen LogP contribution >= 0.6 is 0 Å². The Morgan fingerprint density at radius 1 is 0.769 bits per heavy atom. The number of benzene rings is 2. The predicted molar refractivity (Wildman–Crippen MR) is 98.5 cm³/mol. The molecule has 0 aliphatic rings. The number of hydrogen-bond donors (Lipinski definition) is 0. The Morgan fingerprint density at radius 2 is 1.15 bits per heavy atom. The van der Waals surface area contributed by atoms with Crippen molar-refractivity contribution in [3.05, 3.63) is 92.0 Å². The van der Waals surface area contributed by atoms with Gasteiger partial charge in [0.1, 0.15) is 5.78 Å². The number of carbonyl (C=O) groups is 1. The van der Waals surface area contributed by atoms with Gasteiger partial charge < -0.3 is 0 Å². The van der Waals surface area contributed by atoms with Crippen LogP contribution in [0.5, 0.6) is 0 Å². The highest BCUT2D eigenvalue weighted by atomic mass is 16.6. The van der Waals surface area contributed by atoms with Crippen LogP contribution in [-0.4, -0.2) is 15.6 Å². The van der Waals surface area contributed by atoms with Gasteiger partial charge in [0.05, 0.1) is 21.0 Å². The molecule has 0 atom stereocenters. The number of carbonyl (C=O) groups excluding carboxylic acids is 1. The summed E-state index contributed by atoms with van der Waals surface area (Å²) in [6.45, 7) is 0. The number of para-hydroxylation sites is 2. The van der Waals surface area contributed by atoms with Gasteiger partial charge in [-0.1, -0.05) is 48.6 Å². The molecule has 26 heavy (non-hydrogen) atoms. The Labute approximate surface area is 149 Å². The summed E-state index contributed by atoms with van der Waals surface area (Å²) in [6.07, 6.45) is 6.47. The van der Waals surface area contributed by atoms with Crippen molar-refractivity contribution in [2.75, 3.05) is 0 Å². The molecule has 0 bridgehead atoms. The molecule has 0 unspecified atom stereocenters. The zero-order valence-electron chi connectivity index (χ0n) is 13.8. The summed E-state index contributed by atoms with van der Waals surface area (Å²) in [5.41, 5.74) is 0.821. The largest absolute Gasteiger partial charge is 0.299 e. The summed E-state index contributed by atoms with van der Waals surface area (Å²) >= 11 is 0. The molecule has 2 aromatic carbocycles. The van der Waals surface area contributed by atoms with Crippen molar-refractivity contribution in [1.29, 1.82) is 0 Å². The van der Waals surface area contributed by atoms with Gasteiger partial charge in [0.15, 0.2) is 0 Å². The lowest BCUT2D eigenvalue weighted by molar-refractivity contribution is -0.385. The minimum Gasteiger partial charge on any atom is -0.299 e. The summed E-state index contributed by atoms with van der Waals surface area (Å²) in [7, 11) is 0. The third-order valence-corrected chi connectivity index (χ3v) is 3.55. The second-order valence-corrected chi connectivity index (χ2v) is 5.38. The molecule has 2 rings (SSSR count). The fraction of sp³-hybridized carbons (Fsp3) is 0.105. The molecule has 0 aliphatic heterocycles. The van der Waals surface area contributed by atoms with E-state index in [1.54, 1.807) is 60.7 Å². The van der Waals surface area contributed by atoms with Gasteiger partial charge in [-0.15, -0.1) is 0 Å². The zero-order chi connectivity index (χ0) is 18.9. The molecule has 0 aromatic heterocycles. The first-order chi connectivity index (χ1) is 12.5. The van der Waals surface area contributed by atoms with E-state index in [2.05, 4.69) is 0 Å². The van der Waals surface area contributed by atoms with Crippen LogP contribution in [0.3, 0.4) is 0 Å². The molecule has 0 spiro atoms. The van der Waals surface area contributed by atoms with Crippen LogP contribution in [0.15, 0.2) is 60.7 Å². The fourth-order valence-electron chi connectivity index (χ4n) is 2.31. The van der Waals surface area contributed by atoms with Crippen molar-refractivity contribution in [3.63, 3.8) is 0 Å². The van der Waals surface area contributed by atoms with Gasteiger partial charge in [0.25, 0.3) is 11.4 Å². The van der Waals surface area contributed by atoms with E-state index in [9.17, 15) is 25.0 Å². The van der Waals surface area contributed by atoms with Gasteiger partial charge in [-0.2, -0.15) is 0 Å². The lowest BCUT2D eigenvalue weighted by Crippen LogP contribution is -1.94. The lowest BCUT2D eigenvalue weighted by atomic mass is 10.1. The number of Topliss-reactive ketones (excluding diaryl/α,β-unsaturated/α-hetero) is 1. The van der Waals surface area contributed by atoms with Crippen molar-refractivity contribution in [1.82, 2.24) is 0 Å². The van der Waals surface area contributed by atoms with Gasteiger partial charge in [0, 0.05) is 25.0 Å². The molecule has 0 saturated carbocycles. The number of rotatable bonds is 8. The number of nitro groups is 2. The normalized spacial score (nSPS) is 11.1. The van der Waals surface area contributed by atoms with Crippen LogP contribution in [0.1, 0.15) is 24.0 Å². The third-order valence-electron chi connectivity index (χ3n) is 3.55. The van der Waals surface area contributed by atoms with Crippen LogP contribution in [0.2, 0.25) is 0 Å². The van der Waals surface area contributed by atoms with E-state index in [0.29, 0.717) is 11.1 Å². The predicted octanol–water partition coefficient (Wildman–Crippen LogP) is 4.58. The standard InChI is InChI=1S/C19H16N2O5/c22-17(11-5-9-15-7-1-3-13-18(15)20(23)24)12-6-10-16-8-2-4-14-19(16)21(25)26/h1-10,13-14H,11-12H2/b9-5+,10-6+. The van der Waals surface area contributed by atoms with Gasteiger partial charge in [-0.25, -0.2) is 0 Å². The van der Waals surface area contributed by atoms with Crippen LogP contribution in [-0.2, 0) is 4.79 Å². The highest BCUT2D eigenvalue weighted by molar-refractivity contribution is 5.83. The molecule has 0 fully saturated rings. The molecule has 0 aliphatic carbocycles. The van der Waals surface area contributed by atoms with Gasteiger partial charge in [-0.3, -0.25) is 25.0 Å². The molecule has 7 nitrogen and oxygen atoms in total. The van der Waals surface area contributed by atoms with Crippen LogP contribution < -0.4 is 0 Å². The van der Waals surface area contributed by atoms with Crippen LogP contribution in [0.4, 0.5) is 11.4 Å². The van der Waals surface area contributed by atoms with E-state index in [4.69, 9.17) is 0 Å². The fourth-order valence-corrected chi connectivity index (χ4v) is 2.31. The number of nitro benzene ring substituents is 2. The third kappa shape index (κ3) is 5.20. The molecular weight excluding hydrogens is 336 g/mol. The molecule has 0 amide bonds. The first kappa shape index (κ1) is 18.7. The minimum atomic E-state index is -0.475. The summed E-state index contributed by atoms with van der Waals surface area (Å²) < 4.78 is 0. The van der Waals surface area contributed by atoms with Gasteiger partial charge >= 0.3 is 0 Å². The average molecular weight is 352 g/mol. The van der Waals surface area contributed by atoms with E-state index >= 15 is 0 Å².